The van der Waals surface area contributed by atoms with E-state index < -0.39 is 35.0 Å². The van der Waals surface area contributed by atoms with Gasteiger partial charge in [0.2, 0.25) is 11.8 Å². The molecule has 1 aromatic heterocycles. The van der Waals surface area contributed by atoms with Crippen LogP contribution in [0.2, 0.25) is 0 Å². The van der Waals surface area contributed by atoms with E-state index in [0.29, 0.717) is 42.6 Å². The smallest absolute Gasteiger partial charge is 0.385 e. The lowest BCUT2D eigenvalue weighted by atomic mass is 9.78. The summed E-state index contributed by atoms with van der Waals surface area (Å²) in [6, 6.07) is 19.3. The molecule has 0 saturated carbocycles. The maximum absolute atomic E-state index is 16.3. The van der Waals surface area contributed by atoms with E-state index in [-0.39, 0.29) is 42.2 Å². The highest BCUT2D eigenvalue weighted by Gasteiger charge is 2.42. The van der Waals surface area contributed by atoms with Crippen LogP contribution >= 0.6 is 0 Å². The van der Waals surface area contributed by atoms with Crippen LogP contribution in [0.4, 0.5) is 17.6 Å². The molecule has 0 radical (unpaired) electrons. The lowest BCUT2D eigenvalue weighted by Gasteiger charge is -2.44. The molecule has 0 spiro atoms. The number of imide groups is 1. The zero-order chi connectivity index (χ0) is 33.1. The Morgan fingerprint density at radius 3 is 2.39 bits per heavy atom. The number of halogens is 4. The number of carbonyl (C=O) groups excluding carboxylic acids is 2. The summed E-state index contributed by atoms with van der Waals surface area (Å²) in [6.07, 6.45) is -1.45. The minimum atomic E-state index is -4.42. The first-order valence-electron chi connectivity index (χ1n) is 15.6. The van der Waals surface area contributed by atoms with Gasteiger partial charge in [0.1, 0.15) is 5.82 Å². The number of benzene rings is 3. The summed E-state index contributed by atoms with van der Waals surface area (Å²) in [6.45, 7) is 4.77. The minimum Gasteiger partial charge on any atom is -0.385 e. The first-order valence-corrected chi connectivity index (χ1v) is 15.6. The number of rotatable bonds is 6. The summed E-state index contributed by atoms with van der Waals surface area (Å²) in [5.74, 6) is -2.02. The van der Waals surface area contributed by atoms with Crippen LogP contribution < -0.4 is 5.32 Å². The summed E-state index contributed by atoms with van der Waals surface area (Å²) in [4.78, 5) is 30.6. The van der Waals surface area contributed by atoms with E-state index in [1.165, 1.54) is 18.3 Å². The van der Waals surface area contributed by atoms with Crippen molar-refractivity contribution in [2.24, 2.45) is 0 Å². The molecular weight excluding hydrogens is 598 g/mol. The molecule has 0 bridgehead atoms. The van der Waals surface area contributed by atoms with Gasteiger partial charge in [0.05, 0.1) is 22.6 Å². The molecule has 3 unspecified atom stereocenters. The molecule has 4 aromatic rings. The van der Waals surface area contributed by atoms with Crippen LogP contribution in [-0.4, -0.2) is 39.4 Å². The molecule has 0 aliphatic carbocycles. The summed E-state index contributed by atoms with van der Waals surface area (Å²) < 4.78 is 55.6. The topological polar surface area (TPSA) is 82.5 Å². The lowest BCUT2D eigenvalue weighted by molar-refractivity contribution is -0.138. The maximum atomic E-state index is 16.3. The highest BCUT2D eigenvalue weighted by atomic mass is 19.4. The second kappa shape index (κ2) is 13.7. The maximum Gasteiger partial charge on any atom is 0.416 e. The van der Waals surface area contributed by atoms with Gasteiger partial charge in [-0.1, -0.05) is 62.4 Å². The van der Waals surface area contributed by atoms with Crippen molar-refractivity contribution in [2.45, 2.75) is 76.2 Å². The number of pyridine rings is 1. The second-order valence-corrected chi connectivity index (χ2v) is 11.8. The molecule has 3 aromatic carbocycles. The second-order valence-electron chi connectivity index (χ2n) is 11.8. The molecule has 6 nitrogen and oxygen atoms in total. The molecule has 2 fully saturated rings. The van der Waals surface area contributed by atoms with Crippen molar-refractivity contribution in [2.75, 3.05) is 6.54 Å². The predicted molar refractivity (Wildman–Crippen MR) is 167 cm³/mol. The Morgan fingerprint density at radius 2 is 1.72 bits per heavy atom. The Kier molecular flexibility index (Phi) is 9.88. The third kappa shape index (κ3) is 7.13. The first-order chi connectivity index (χ1) is 22.0. The lowest BCUT2D eigenvalue weighted by Crippen LogP contribution is -2.50. The molecule has 242 valence electrons. The number of aliphatic hydroxyl groups is 1. The average Bonchev–Trinajstić information content (AvgIpc) is 3.04. The number of nitrogens with zero attached hydrogens (tertiary/aromatic N) is 2. The molecule has 10 heteroatoms. The summed E-state index contributed by atoms with van der Waals surface area (Å²) in [5, 5.41) is 14.5. The van der Waals surface area contributed by atoms with Gasteiger partial charge >= 0.3 is 6.18 Å². The summed E-state index contributed by atoms with van der Waals surface area (Å²) in [5.41, 5.74) is 0.530. The van der Waals surface area contributed by atoms with Crippen molar-refractivity contribution in [3.05, 3.63) is 113 Å². The minimum absolute atomic E-state index is 0.138. The normalized spacial score (nSPS) is 22.2. The summed E-state index contributed by atoms with van der Waals surface area (Å²) in [7, 11) is 0. The highest BCUT2D eigenvalue weighted by molar-refractivity contribution is 6.01. The van der Waals surface area contributed by atoms with Gasteiger partial charge < -0.3 is 5.11 Å². The number of fused-ring (bicyclic) bond motifs is 1. The molecule has 2 aliphatic rings. The van der Waals surface area contributed by atoms with Gasteiger partial charge in [-0.05, 0) is 66.6 Å². The van der Waals surface area contributed by atoms with Gasteiger partial charge in [-0.2, -0.15) is 13.2 Å². The van der Waals surface area contributed by atoms with Crippen molar-refractivity contribution in [1.82, 2.24) is 15.2 Å². The molecule has 6 rings (SSSR count). The van der Waals surface area contributed by atoms with Crippen molar-refractivity contribution < 1.29 is 32.3 Å². The summed E-state index contributed by atoms with van der Waals surface area (Å²) >= 11 is 0. The first kappa shape index (κ1) is 33.2. The molecule has 46 heavy (non-hydrogen) atoms. The average molecular weight is 636 g/mol. The molecule has 2 aliphatic heterocycles. The number of carbonyl (C=O) groups is 2. The van der Waals surface area contributed by atoms with Gasteiger partial charge in [-0.25, -0.2) is 4.39 Å². The van der Waals surface area contributed by atoms with Crippen LogP contribution in [0.15, 0.2) is 79.0 Å². The third-order valence-electron chi connectivity index (χ3n) is 8.85. The van der Waals surface area contributed by atoms with Gasteiger partial charge in [0, 0.05) is 42.7 Å². The van der Waals surface area contributed by atoms with E-state index in [1.54, 1.807) is 18.2 Å². The van der Waals surface area contributed by atoms with Gasteiger partial charge in [0.25, 0.3) is 0 Å². The monoisotopic (exact) mass is 635 g/mol. The molecule has 2 N–H and O–H groups in total. The Morgan fingerprint density at radius 1 is 1.00 bits per heavy atom. The van der Waals surface area contributed by atoms with E-state index in [9.17, 15) is 27.9 Å². The van der Waals surface area contributed by atoms with Crippen molar-refractivity contribution in [3.63, 3.8) is 0 Å². The highest BCUT2D eigenvalue weighted by Crippen LogP contribution is 2.41. The van der Waals surface area contributed by atoms with Gasteiger partial charge in [-0.3, -0.25) is 24.8 Å². The van der Waals surface area contributed by atoms with E-state index >= 15 is 4.39 Å². The molecule has 3 atom stereocenters. The fourth-order valence-corrected chi connectivity index (χ4v) is 6.45. The quantitative estimate of drug-likeness (QED) is 0.176. The number of alkyl halides is 3. The SMILES string of the molecule is CC.O=C1CCC(c2cnc3ccc(C4(O)CCN(Cc5ccc(C(F)(F)F)cc5)C(Cc5ccccc5)C4)c(F)c3c2)C(=O)N1. The molecule has 2 saturated heterocycles. The zero-order valence-corrected chi connectivity index (χ0v) is 25.8. The van der Waals surface area contributed by atoms with E-state index in [1.807, 2.05) is 44.2 Å². The Balaban J connectivity index is 0.00000204. The Labute approximate surface area is 265 Å². The number of likely N-dealkylation sites (tertiary alicyclic amines) is 1. The van der Waals surface area contributed by atoms with E-state index in [0.717, 1.165) is 17.7 Å². The van der Waals surface area contributed by atoms with Crippen LogP contribution in [0.25, 0.3) is 10.9 Å². The van der Waals surface area contributed by atoms with Crippen molar-refractivity contribution >= 4 is 22.7 Å². The Hall–Kier alpha value is -4.15. The Bertz CT molecular complexity index is 1700. The standard InChI is InChI=1S/C34H31F4N3O3.C2H6/c35-31-27-17-23(26-10-13-30(42)40-32(26)43)19-39-29(27)12-11-28(31)33(44)14-15-41(25(18-33)16-21-4-2-1-3-5-21)20-22-6-8-24(9-7-22)34(36,37)38;1-2/h1-9,11-12,17,19,25-26,44H,10,13-16,18,20H2,(H,40,42,43);1-2H3. The van der Waals surface area contributed by atoms with E-state index in [4.69, 9.17) is 0 Å². The van der Waals surface area contributed by atoms with Crippen LogP contribution in [0.5, 0.6) is 0 Å². The number of hydrogen-bond acceptors (Lipinski definition) is 5. The fourth-order valence-electron chi connectivity index (χ4n) is 6.45. The fraction of sp³-hybridized carbons (Fsp3) is 0.361. The van der Waals surface area contributed by atoms with Crippen molar-refractivity contribution in [3.8, 4) is 0 Å². The van der Waals surface area contributed by atoms with Crippen LogP contribution in [0.3, 0.4) is 0 Å². The number of amides is 2. The number of aromatic nitrogens is 1. The number of piperidine rings is 2. The van der Waals surface area contributed by atoms with Crippen LogP contribution in [0.1, 0.15) is 73.3 Å². The third-order valence-corrected chi connectivity index (χ3v) is 8.85. The van der Waals surface area contributed by atoms with Crippen molar-refractivity contribution in [1.29, 1.82) is 0 Å². The van der Waals surface area contributed by atoms with E-state index in [2.05, 4.69) is 15.2 Å². The predicted octanol–water partition coefficient (Wildman–Crippen LogP) is 7.03. The van der Waals surface area contributed by atoms with Gasteiger partial charge in [-0.15, -0.1) is 0 Å². The van der Waals surface area contributed by atoms with Crippen LogP contribution in [0, 0.1) is 5.82 Å². The molecule has 3 heterocycles. The number of nitrogens with one attached hydrogen (secondary N) is 1. The number of hydrogen-bond donors (Lipinski definition) is 2. The van der Waals surface area contributed by atoms with Crippen LogP contribution in [-0.2, 0) is 34.3 Å². The molecule has 2 amide bonds. The van der Waals surface area contributed by atoms with Gasteiger partial charge in [0.15, 0.2) is 0 Å². The largest absolute Gasteiger partial charge is 0.416 e. The zero-order valence-electron chi connectivity index (χ0n) is 25.8. The molecular formula is C36H37F4N3O3.